The molecule has 1 aromatic heterocycles. The van der Waals surface area contributed by atoms with Crippen LogP contribution in [0.3, 0.4) is 0 Å². The largest absolute Gasteiger partial charge is 0.388 e. The van der Waals surface area contributed by atoms with Gasteiger partial charge >= 0.3 is 0 Å². The van der Waals surface area contributed by atoms with Gasteiger partial charge in [0.2, 0.25) is 0 Å². The fraction of sp³-hybridized carbons (Fsp3) is 0.643. The Labute approximate surface area is 134 Å². The first-order valence-corrected chi connectivity index (χ1v) is 7.82. The van der Waals surface area contributed by atoms with E-state index in [1.54, 1.807) is 6.07 Å². The van der Waals surface area contributed by atoms with Crippen LogP contribution >= 0.6 is 34.8 Å². The SMILES string of the molecule is CC1(C)CCC(O)(CNc2nc(Cl)c(Cl)cc2Cl)CC1. The summed E-state index contributed by atoms with van der Waals surface area (Å²) in [5.74, 6) is 0.458. The lowest BCUT2D eigenvalue weighted by Crippen LogP contribution is -2.42. The lowest BCUT2D eigenvalue weighted by molar-refractivity contribution is -0.0145. The van der Waals surface area contributed by atoms with Crippen molar-refractivity contribution >= 4 is 40.6 Å². The summed E-state index contributed by atoms with van der Waals surface area (Å²) in [6, 6.07) is 1.55. The topological polar surface area (TPSA) is 45.1 Å². The van der Waals surface area contributed by atoms with E-state index in [1.807, 2.05) is 0 Å². The molecule has 1 heterocycles. The van der Waals surface area contributed by atoms with Gasteiger partial charge in [0.1, 0.15) is 11.0 Å². The molecule has 3 nitrogen and oxygen atoms in total. The Balaban J connectivity index is 2.00. The van der Waals surface area contributed by atoms with E-state index in [9.17, 15) is 5.11 Å². The van der Waals surface area contributed by atoms with Crippen molar-refractivity contribution in [1.82, 2.24) is 4.98 Å². The average Bonchev–Trinajstić information content (AvgIpc) is 2.37. The highest BCUT2D eigenvalue weighted by Gasteiger charge is 2.36. The number of pyridine rings is 1. The molecule has 2 N–H and O–H groups in total. The number of halogens is 3. The molecule has 0 unspecified atom stereocenters. The van der Waals surface area contributed by atoms with Crippen LogP contribution in [0.1, 0.15) is 39.5 Å². The zero-order valence-electron chi connectivity index (χ0n) is 11.6. The zero-order chi connectivity index (χ0) is 15.0. The van der Waals surface area contributed by atoms with Crippen LogP contribution in [0.25, 0.3) is 0 Å². The first-order chi connectivity index (χ1) is 9.21. The summed E-state index contributed by atoms with van der Waals surface area (Å²) < 4.78 is 0. The number of nitrogens with one attached hydrogen (secondary N) is 1. The summed E-state index contributed by atoms with van der Waals surface area (Å²) in [6.07, 6.45) is 3.55. The van der Waals surface area contributed by atoms with E-state index in [4.69, 9.17) is 34.8 Å². The van der Waals surface area contributed by atoms with Crippen LogP contribution in [0.5, 0.6) is 0 Å². The maximum absolute atomic E-state index is 10.6. The van der Waals surface area contributed by atoms with Crippen molar-refractivity contribution in [3.05, 3.63) is 21.3 Å². The quantitative estimate of drug-likeness (QED) is 0.780. The van der Waals surface area contributed by atoms with Crippen molar-refractivity contribution in [3.8, 4) is 0 Å². The van der Waals surface area contributed by atoms with Crippen molar-refractivity contribution in [2.24, 2.45) is 5.41 Å². The molecule has 1 aliphatic rings. The Morgan fingerprint density at radius 1 is 1.15 bits per heavy atom. The normalized spacial score (nSPS) is 20.7. The summed E-state index contributed by atoms with van der Waals surface area (Å²) in [5.41, 5.74) is -0.404. The highest BCUT2D eigenvalue weighted by molar-refractivity contribution is 6.42. The monoisotopic (exact) mass is 336 g/mol. The number of aliphatic hydroxyl groups is 1. The molecule has 0 aromatic carbocycles. The van der Waals surface area contributed by atoms with Gasteiger partial charge in [0.15, 0.2) is 0 Å². The molecule has 20 heavy (non-hydrogen) atoms. The average molecular weight is 338 g/mol. The highest BCUT2D eigenvalue weighted by atomic mass is 35.5. The van der Waals surface area contributed by atoms with Gasteiger partial charge in [-0.1, -0.05) is 48.7 Å². The maximum Gasteiger partial charge on any atom is 0.150 e. The van der Waals surface area contributed by atoms with E-state index in [1.165, 1.54) is 0 Å². The third kappa shape index (κ3) is 3.91. The predicted molar refractivity (Wildman–Crippen MR) is 85.0 cm³/mol. The zero-order valence-corrected chi connectivity index (χ0v) is 13.9. The molecular formula is C14H19Cl3N2O. The molecule has 0 amide bonds. The number of aromatic nitrogens is 1. The second-order valence-electron chi connectivity index (χ2n) is 6.33. The van der Waals surface area contributed by atoms with Crippen molar-refractivity contribution in [2.75, 3.05) is 11.9 Å². The van der Waals surface area contributed by atoms with Gasteiger partial charge in [0.25, 0.3) is 0 Å². The molecule has 6 heteroatoms. The lowest BCUT2D eigenvalue weighted by Gasteiger charge is -2.40. The van der Waals surface area contributed by atoms with Crippen LogP contribution in [0.2, 0.25) is 15.2 Å². The summed E-state index contributed by atoms with van der Waals surface area (Å²) in [4.78, 5) is 4.10. The Bertz CT molecular complexity index is 495. The molecule has 0 bridgehead atoms. The van der Waals surface area contributed by atoms with E-state index in [-0.39, 0.29) is 5.15 Å². The van der Waals surface area contributed by atoms with Crippen molar-refractivity contribution in [2.45, 2.75) is 45.1 Å². The molecule has 0 saturated heterocycles. The van der Waals surface area contributed by atoms with Crippen molar-refractivity contribution < 1.29 is 5.11 Å². The lowest BCUT2D eigenvalue weighted by atomic mass is 9.71. The number of rotatable bonds is 3. The first-order valence-electron chi connectivity index (χ1n) is 6.69. The van der Waals surface area contributed by atoms with Crippen molar-refractivity contribution in [3.63, 3.8) is 0 Å². The van der Waals surface area contributed by atoms with Crippen LogP contribution in [0.4, 0.5) is 5.82 Å². The van der Waals surface area contributed by atoms with E-state index >= 15 is 0 Å². The minimum Gasteiger partial charge on any atom is -0.388 e. The number of anilines is 1. The van der Waals surface area contributed by atoms with Crippen molar-refractivity contribution in [1.29, 1.82) is 0 Å². The molecular weight excluding hydrogens is 319 g/mol. The fourth-order valence-corrected chi connectivity index (χ4v) is 2.95. The summed E-state index contributed by atoms with van der Waals surface area (Å²) in [6.45, 7) is 4.88. The van der Waals surface area contributed by atoms with Gasteiger partial charge in [-0.25, -0.2) is 4.98 Å². The Morgan fingerprint density at radius 3 is 2.35 bits per heavy atom. The van der Waals surface area contributed by atoms with E-state index in [2.05, 4.69) is 24.1 Å². The second kappa shape index (κ2) is 5.88. The van der Waals surface area contributed by atoms with Gasteiger partial charge in [-0.05, 0) is 37.2 Å². The van der Waals surface area contributed by atoms with Gasteiger partial charge in [-0.15, -0.1) is 0 Å². The van der Waals surface area contributed by atoms with Gasteiger partial charge in [0, 0.05) is 6.54 Å². The first kappa shape index (κ1) is 16.2. The third-order valence-corrected chi connectivity index (χ3v) is 4.97. The molecule has 1 aliphatic carbocycles. The Hall–Kier alpha value is -0.220. The van der Waals surface area contributed by atoms with Gasteiger partial charge in [-0.2, -0.15) is 0 Å². The third-order valence-electron chi connectivity index (χ3n) is 4.01. The smallest absolute Gasteiger partial charge is 0.150 e. The predicted octanol–water partition coefficient (Wildman–Crippen LogP) is 4.79. The molecule has 0 radical (unpaired) electrons. The van der Waals surface area contributed by atoms with Gasteiger partial charge in [0.05, 0.1) is 15.6 Å². The van der Waals surface area contributed by atoms with E-state index in [0.29, 0.717) is 27.8 Å². The van der Waals surface area contributed by atoms with Crippen LogP contribution in [-0.4, -0.2) is 22.2 Å². The number of hydrogen-bond acceptors (Lipinski definition) is 3. The molecule has 1 saturated carbocycles. The fourth-order valence-electron chi connectivity index (χ4n) is 2.39. The van der Waals surface area contributed by atoms with Crippen LogP contribution in [0.15, 0.2) is 6.07 Å². The van der Waals surface area contributed by atoms with E-state index in [0.717, 1.165) is 25.7 Å². The van der Waals surface area contributed by atoms with Crippen LogP contribution in [0, 0.1) is 5.41 Å². The summed E-state index contributed by atoms with van der Waals surface area (Å²) >= 11 is 17.8. The van der Waals surface area contributed by atoms with Gasteiger partial charge < -0.3 is 10.4 Å². The molecule has 2 rings (SSSR count). The van der Waals surface area contributed by atoms with E-state index < -0.39 is 5.60 Å². The molecule has 1 aromatic rings. The molecule has 0 aliphatic heterocycles. The Morgan fingerprint density at radius 2 is 1.75 bits per heavy atom. The highest BCUT2D eigenvalue weighted by Crippen LogP contribution is 2.40. The Kier molecular flexibility index (Phi) is 4.75. The second-order valence-corrected chi connectivity index (χ2v) is 7.51. The van der Waals surface area contributed by atoms with Gasteiger partial charge in [-0.3, -0.25) is 0 Å². The molecule has 112 valence electrons. The minimum absolute atomic E-state index is 0.204. The molecule has 0 spiro atoms. The standard InChI is InChI=1S/C14H19Cl3N2O/c1-13(2)3-5-14(20,6-4-13)8-18-12-10(16)7-9(15)11(17)19-12/h7,20H,3-6,8H2,1-2H3,(H,18,19). The van der Waals surface area contributed by atoms with Crippen LogP contribution < -0.4 is 5.32 Å². The number of hydrogen-bond donors (Lipinski definition) is 2. The molecule has 0 atom stereocenters. The maximum atomic E-state index is 10.6. The molecule has 1 fully saturated rings. The number of nitrogens with zero attached hydrogens (tertiary/aromatic N) is 1. The summed E-state index contributed by atoms with van der Waals surface area (Å²) in [5, 5.41) is 14.6. The minimum atomic E-state index is -0.716. The summed E-state index contributed by atoms with van der Waals surface area (Å²) in [7, 11) is 0. The van der Waals surface area contributed by atoms with Crippen LogP contribution in [-0.2, 0) is 0 Å².